The zero-order chi connectivity index (χ0) is 14.8. The maximum atomic E-state index is 12.0. The molecule has 1 rings (SSSR count). The molecule has 0 fully saturated rings. The van der Waals surface area contributed by atoms with Crippen molar-refractivity contribution >= 4 is 10.0 Å². The van der Waals surface area contributed by atoms with Gasteiger partial charge < -0.3 is 10.5 Å². The van der Waals surface area contributed by atoms with Crippen LogP contribution >= 0.6 is 0 Å². The second-order valence-corrected chi connectivity index (χ2v) is 6.31. The van der Waals surface area contributed by atoms with Crippen molar-refractivity contribution in [3.63, 3.8) is 0 Å². The maximum absolute atomic E-state index is 12.0. The molecule has 0 atom stereocenters. The molecule has 0 radical (unpaired) electrons. The first-order valence-electron chi connectivity index (χ1n) is 6.96. The van der Waals surface area contributed by atoms with Gasteiger partial charge in [-0.3, -0.25) is 0 Å². The summed E-state index contributed by atoms with van der Waals surface area (Å²) in [5.41, 5.74) is 6.44. The fourth-order valence-corrected chi connectivity index (χ4v) is 2.85. The van der Waals surface area contributed by atoms with Gasteiger partial charge in [0.15, 0.2) is 0 Å². The molecule has 0 saturated heterocycles. The van der Waals surface area contributed by atoms with Crippen molar-refractivity contribution in [1.29, 1.82) is 0 Å². The largest absolute Gasteiger partial charge is 0.380 e. The fourth-order valence-electron chi connectivity index (χ4n) is 1.77. The molecule has 0 heterocycles. The lowest BCUT2D eigenvalue weighted by atomic mass is 10.1. The van der Waals surface area contributed by atoms with Crippen LogP contribution < -0.4 is 10.5 Å². The van der Waals surface area contributed by atoms with Gasteiger partial charge in [0.2, 0.25) is 10.0 Å². The molecule has 5 nitrogen and oxygen atoms in total. The lowest BCUT2D eigenvalue weighted by Gasteiger charge is -2.08. The number of benzene rings is 1. The molecule has 0 bridgehead atoms. The minimum atomic E-state index is -3.41. The molecule has 114 valence electrons. The van der Waals surface area contributed by atoms with Gasteiger partial charge in [0, 0.05) is 19.7 Å². The van der Waals surface area contributed by atoms with Gasteiger partial charge in [-0.1, -0.05) is 25.5 Å². The van der Waals surface area contributed by atoms with Crippen LogP contribution in [0, 0.1) is 0 Å². The summed E-state index contributed by atoms with van der Waals surface area (Å²) in [6.45, 7) is 3.96. The molecule has 0 unspecified atom stereocenters. The standard InChI is InChI=1S/C14H24N2O3S/c1-2-4-13-5-7-14(8-6-13)20(17,18)16-10-3-11-19-12-9-15/h5-8,16H,2-4,9-12,15H2,1H3. The maximum Gasteiger partial charge on any atom is 0.240 e. The van der Waals surface area contributed by atoms with E-state index in [0.717, 1.165) is 18.4 Å². The second-order valence-electron chi connectivity index (χ2n) is 4.55. The third kappa shape index (κ3) is 6.00. The summed E-state index contributed by atoms with van der Waals surface area (Å²) in [6, 6.07) is 7.03. The van der Waals surface area contributed by atoms with Gasteiger partial charge in [0.05, 0.1) is 11.5 Å². The highest BCUT2D eigenvalue weighted by Gasteiger charge is 2.12. The van der Waals surface area contributed by atoms with Gasteiger partial charge in [0.25, 0.3) is 0 Å². The van der Waals surface area contributed by atoms with E-state index < -0.39 is 10.0 Å². The Hall–Kier alpha value is -0.950. The Kier molecular flexibility index (Phi) is 7.76. The summed E-state index contributed by atoms with van der Waals surface area (Å²) in [6.07, 6.45) is 2.65. The first kappa shape index (κ1) is 17.1. The minimum Gasteiger partial charge on any atom is -0.380 e. The van der Waals surface area contributed by atoms with E-state index in [1.54, 1.807) is 12.1 Å². The van der Waals surface area contributed by atoms with Crippen LogP contribution in [0.3, 0.4) is 0 Å². The predicted molar refractivity (Wildman–Crippen MR) is 80.1 cm³/mol. The summed E-state index contributed by atoms with van der Waals surface area (Å²) in [5.74, 6) is 0. The number of nitrogens with two attached hydrogens (primary N) is 1. The van der Waals surface area contributed by atoms with E-state index in [1.807, 2.05) is 12.1 Å². The van der Waals surface area contributed by atoms with Crippen LogP contribution in [-0.2, 0) is 21.2 Å². The van der Waals surface area contributed by atoms with E-state index in [0.29, 0.717) is 37.6 Å². The Morgan fingerprint density at radius 1 is 1.20 bits per heavy atom. The summed E-state index contributed by atoms with van der Waals surface area (Å²) in [7, 11) is -3.41. The summed E-state index contributed by atoms with van der Waals surface area (Å²) in [5, 5.41) is 0. The van der Waals surface area contributed by atoms with Crippen LogP contribution in [0.15, 0.2) is 29.2 Å². The number of hydrogen-bond donors (Lipinski definition) is 2. The van der Waals surface area contributed by atoms with Crippen LogP contribution in [0.2, 0.25) is 0 Å². The van der Waals surface area contributed by atoms with E-state index in [1.165, 1.54) is 0 Å². The summed E-state index contributed by atoms with van der Waals surface area (Å²) >= 11 is 0. The zero-order valence-corrected chi connectivity index (χ0v) is 12.8. The highest BCUT2D eigenvalue weighted by molar-refractivity contribution is 7.89. The van der Waals surface area contributed by atoms with Crippen molar-refractivity contribution in [2.24, 2.45) is 5.73 Å². The Bertz CT molecular complexity index is 472. The SMILES string of the molecule is CCCc1ccc(S(=O)(=O)NCCCOCCN)cc1. The number of aryl methyl sites for hydroxylation is 1. The average Bonchev–Trinajstić information content (AvgIpc) is 2.44. The Labute approximate surface area is 121 Å². The fraction of sp³-hybridized carbons (Fsp3) is 0.571. The van der Waals surface area contributed by atoms with Crippen molar-refractivity contribution in [2.45, 2.75) is 31.1 Å². The molecule has 0 saturated carbocycles. The molecule has 0 spiro atoms. The van der Waals surface area contributed by atoms with Crippen molar-refractivity contribution in [2.75, 3.05) is 26.3 Å². The number of rotatable bonds is 10. The molecule has 0 aliphatic heterocycles. The molecular formula is C14H24N2O3S. The van der Waals surface area contributed by atoms with E-state index in [9.17, 15) is 8.42 Å². The Balaban J connectivity index is 2.43. The molecule has 0 amide bonds. The molecule has 3 N–H and O–H groups in total. The first-order chi connectivity index (χ1) is 9.60. The molecule has 1 aromatic rings. The topological polar surface area (TPSA) is 81.4 Å². The van der Waals surface area contributed by atoms with Crippen LogP contribution in [0.1, 0.15) is 25.3 Å². The normalized spacial score (nSPS) is 11.7. The molecule has 0 aliphatic rings. The molecule has 6 heteroatoms. The van der Waals surface area contributed by atoms with Crippen molar-refractivity contribution in [3.8, 4) is 0 Å². The smallest absolute Gasteiger partial charge is 0.240 e. The van der Waals surface area contributed by atoms with Gasteiger partial charge in [-0.25, -0.2) is 13.1 Å². The van der Waals surface area contributed by atoms with Crippen LogP contribution in [0.25, 0.3) is 0 Å². The van der Waals surface area contributed by atoms with Crippen molar-refractivity contribution < 1.29 is 13.2 Å². The number of sulfonamides is 1. The lowest BCUT2D eigenvalue weighted by molar-refractivity contribution is 0.140. The van der Waals surface area contributed by atoms with Crippen LogP contribution in [0.4, 0.5) is 0 Å². The third-order valence-corrected chi connectivity index (χ3v) is 4.27. The number of ether oxygens (including phenoxy) is 1. The minimum absolute atomic E-state index is 0.306. The van der Waals surface area contributed by atoms with Gasteiger partial charge in [-0.05, 0) is 30.5 Å². The van der Waals surface area contributed by atoms with E-state index >= 15 is 0 Å². The molecule has 1 aromatic carbocycles. The lowest BCUT2D eigenvalue weighted by Crippen LogP contribution is -2.25. The molecule has 0 aliphatic carbocycles. The summed E-state index contributed by atoms with van der Waals surface area (Å²) in [4.78, 5) is 0.306. The molecule has 20 heavy (non-hydrogen) atoms. The highest BCUT2D eigenvalue weighted by Crippen LogP contribution is 2.11. The van der Waals surface area contributed by atoms with Gasteiger partial charge in [0.1, 0.15) is 0 Å². The number of hydrogen-bond acceptors (Lipinski definition) is 4. The van der Waals surface area contributed by atoms with Crippen LogP contribution in [0.5, 0.6) is 0 Å². The monoisotopic (exact) mass is 300 g/mol. The Morgan fingerprint density at radius 2 is 1.90 bits per heavy atom. The highest BCUT2D eigenvalue weighted by atomic mass is 32.2. The van der Waals surface area contributed by atoms with E-state index in [-0.39, 0.29) is 0 Å². The zero-order valence-electron chi connectivity index (χ0n) is 12.0. The quantitative estimate of drug-likeness (QED) is 0.638. The Morgan fingerprint density at radius 3 is 2.50 bits per heavy atom. The second kappa shape index (κ2) is 9.07. The van der Waals surface area contributed by atoms with Crippen LogP contribution in [-0.4, -0.2) is 34.7 Å². The van der Waals surface area contributed by atoms with E-state index in [4.69, 9.17) is 10.5 Å². The average molecular weight is 300 g/mol. The number of nitrogens with one attached hydrogen (secondary N) is 1. The third-order valence-electron chi connectivity index (χ3n) is 2.79. The van der Waals surface area contributed by atoms with Crippen molar-refractivity contribution in [1.82, 2.24) is 4.72 Å². The van der Waals surface area contributed by atoms with Gasteiger partial charge >= 0.3 is 0 Å². The molecule has 0 aromatic heterocycles. The summed E-state index contributed by atoms with van der Waals surface area (Å²) < 4.78 is 31.8. The van der Waals surface area contributed by atoms with E-state index in [2.05, 4.69) is 11.6 Å². The molecular weight excluding hydrogens is 276 g/mol. The first-order valence-corrected chi connectivity index (χ1v) is 8.45. The predicted octanol–water partition coefficient (Wildman–Crippen LogP) is 1.28. The van der Waals surface area contributed by atoms with Crippen molar-refractivity contribution in [3.05, 3.63) is 29.8 Å². The van der Waals surface area contributed by atoms with Gasteiger partial charge in [-0.15, -0.1) is 0 Å². The van der Waals surface area contributed by atoms with Gasteiger partial charge in [-0.2, -0.15) is 0 Å².